The van der Waals surface area contributed by atoms with Gasteiger partial charge in [0.1, 0.15) is 0 Å². The number of likely N-dealkylation sites (tertiary alicyclic amines) is 1. The summed E-state index contributed by atoms with van der Waals surface area (Å²) in [6.45, 7) is 6.33. The first kappa shape index (κ1) is 16.4. The molecule has 3 aliphatic rings. The lowest BCUT2D eigenvalue weighted by Gasteiger charge is -2.30. The zero-order valence-electron chi connectivity index (χ0n) is 15.4. The molecule has 7 heteroatoms. The molecular weight excluding hydrogens is 328 g/mol. The van der Waals surface area contributed by atoms with Crippen molar-refractivity contribution in [2.45, 2.75) is 64.1 Å². The van der Waals surface area contributed by atoms with Crippen LogP contribution in [-0.2, 0) is 26.1 Å². The molecule has 0 atom stereocenters. The van der Waals surface area contributed by atoms with Gasteiger partial charge in [-0.15, -0.1) is 0 Å². The minimum atomic E-state index is 0.554. The van der Waals surface area contributed by atoms with E-state index in [-0.39, 0.29) is 0 Å². The minimum absolute atomic E-state index is 0.554. The van der Waals surface area contributed by atoms with E-state index in [9.17, 15) is 0 Å². The predicted molar refractivity (Wildman–Crippen MR) is 96.5 cm³/mol. The van der Waals surface area contributed by atoms with Crippen LogP contribution in [0.3, 0.4) is 0 Å². The summed E-state index contributed by atoms with van der Waals surface area (Å²) in [6.07, 6.45) is 6.98. The zero-order valence-corrected chi connectivity index (χ0v) is 15.4. The van der Waals surface area contributed by atoms with Gasteiger partial charge in [-0.05, 0) is 63.7 Å². The summed E-state index contributed by atoms with van der Waals surface area (Å²) in [5, 5.41) is 12.5. The highest BCUT2D eigenvalue weighted by molar-refractivity contribution is 5.11. The van der Waals surface area contributed by atoms with Gasteiger partial charge in [0, 0.05) is 32.0 Å². The molecule has 7 nitrogen and oxygen atoms in total. The number of hydrogen-bond donors (Lipinski definition) is 1. The van der Waals surface area contributed by atoms with Gasteiger partial charge in [-0.3, -0.25) is 9.58 Å². The Hall–Kier alpha value is -1.73. The number of fused-ring (bicyclic) bond motifs is 1. The predicted octanol–water partition coefficient (Wildman–Crippen LogP) is 2.09. The van der Waals surface area contributed by atoms with Gasteiger partial charge in [0.25, 0.3) is 0 Å². The van der Waals surface area contributed by atoms with E-state index >= 15 is 0 Å². The van der Waals surface area contributed by atoms with Gasteiger partial charge in [0.05, 0.1) is 11.4 Å². The topological polar surface area (TPSA) is 72.0 Å². The second-order valence-corrected chi connectivity index (χ2v) is 8.13. The number of aromatic nitrogens is 4. The lowest BCUT2D eigenvalue weighted by atomic mass is 9.93. The Morgan fingerprint density at radius 2 is 2.04 bits per heavy atom. The fourth-order valence-corrected chi connectivity index (χ4v) is 4.18. The number of rotatable bonds is 5. The summed E-state index contributed by atoms with van der Waals surface area (Å²) in [5.74, 6) is 3.01. The Balaban J connectivity index is 1.12. The van der Waals surface area contributed by atoms with Crippen LogP contribution in [0.15, 0.2) is 10.6 Å². The molecule has 2 aliphatic heterocycles. The standard InChI is InChI=1S/C19H28N6O/c1-6-20-12-17-11-16(22-25(17)7-1)13-24-8-4-14(5-9-24)10-18-21-19(26-23-18)15-2-3-15/h11,14-15,20H,1-10,12-13H2. The molecule has 0 spiro atoms. The van der Waals surface area contributed by atoms with Crippen molar-refractivity contribution in [2.75, 3.05) is 19.6 Å². The minimum Gasteiger partial charge on any atom is -0.339 e. The van der Waals surface area contributed by atoms with Gasteiger partial charge < -0.3 is 9.84 Å². The highest BCUT2D eigenvalue weighted by Gasteiger charge is 2.30. The first-order chi connectivity index (χ1) is 12.8. The second-order valence-electron chi connectivity index (χ2n) is 8.13. The van der Waals surface area contributed by atoms with Crippen molar-refractivity contribution in [1.82, 2.24) is 30.1 Å². The fourth-order valence-electron chi connectivity index (χ4n) is 4.18. The molecule has 2 aromatic heterocycles. The quantitative estimate of drug-likeness (QED) is 0.884. The third-order valence-electron chi connectivity index (χ3n) is 5.92. The van der Waals surface area contributed by atoms with E-state index in [0.717, 1.165) is 63.8 Å². The molecule has 4 heterocycles. The van der Waals surface area contributed by atoms with Crippen molar-refractivity contribution in [2.24, 2.45) is 5.92 Å². The Labute approximate surface area is 154 Å². The molecule has 2 fully saturated rings. The number of aryl methyl sites for hydroxylation is 1. The Morgan fingerprint density at radius 1 is 1.15 bits per heavy atom. The number of piperidine rings is 1. The fraction of sp³-hybridized carbons (Fsp3) is 0.737. The highest BCUT2D eigenvalue weighted by Crippen LogP contribution is 2.39. The van der Waals surface area contributed by atoms with E-state index < -0.39 is 0 Å². The summed E-state index contributed by atoms with van der Waals surface area (Å²) in [5.41, 5.74) is 2.55. The molecule has 1 saturated heterocycles. The van der Waals surface area contributed by atoms with Gasteiger partial charge in [-0.25, -0.2) is 0 Å². The third kappa shape index (κ3) is 3.69. The summed E-state index contributed by atoms with van der Waals surface area (Å²) in [6, 6.07) is 2.28. The molecule has 26 heavy (non-hydrogen) atoms. The van der Waals surface area contributed by atoms with Gasteiger partial charge in [0.2, 0.25) is 5.89 Å². The molecule has 5 rings (SSSR count). The van der Waals surface area contributed by atoms with Crippen LogP contribution in [0.4, 0.5) is 0 Å². The highest BCUT2D eigenvalue weighted by atomic mass is 16.5. The van der Waals surface area contributed by atoms with Crippen LogP contribution < -0.4 is 5.32 Å². The molecule has 0 radical (unpaired) electrons. The monoisotopic (exact) mass is 356 g/mol. The maximum atomic E-state index is 5.39. The van der Waals surface area contributed by atoms with Crippen LogP contribution in [0.1, 0.15) is 61.1 Å². The molecule has 1 saturated carbocycles. The van der Waals surface area contributed by atoms with E-state index in [2.05, 4.69) is 31.1 Å². The number of nitrogens with zero attached hydrogens (tertiary/aromatic N) is 5. The van der Waals surface area contributed by atoms with E-state index in [1.165, 1.54) is 37.1 Å². The Morgan fingerprint density at radius 3 is 2.88 bits per heavy atom. The molecule has 1 N–H and O–H groups in total. The van der Waals surface area contributed by atoms with E-state index in [4.69, 9.17) is 9.62 Å². The van der Waals surface area contributed by atoms with Crippen LogP contribution >= 0.6 is 0 Å². The van der Waals surface area contributed by atoms with Crippen molar-refractivity contribution < 1.29 is 4.52 Å². The van der Waals surface area contributed by atoms with E-state index in [1.54, 1.807) is 0 Å². The first-order valence-electron chi connectivity index (χ1n) is 10.1. The average molecular weight is 356 g/mol. The largest absolute Gasteiger partial charge is 0.339 e. The smallest absolute Gasteiger partial charge is 0.229 e. The van der Waals surface area contributed by atoms with Crippen LogP contribution in [-0.4, -0.2) is 44.5 Å². The summed E-state index contributed by atoms with van der Waals surface area (Å²) >= 11 is 0. The van der Waals surface area contributed by atoms with E-state index in [0.29, 0.717) is 11.8 Å². The van der Waals surface area contributed by atoms with Crippen molar-refractivity contribution in [3.05, 3.63) is 29.2 Å². The lowest BCUT2D eigenvalue weighted by Crippen LogP contribution is -2.34. The van der Waals surface area contributed by atoms with Gasteiger partial charge in [-0.2, -0.15) is 10.1 Å². The van der Waals surface area contributed by atoms with E-state index in [1.807, 2.05) is 0 Å². The average Bonchev–Trinajstić information content (AvgIpc) is 3.35. The van der Waals surface area contributed by atoms with Crippen molar-refractivity contribution in [1.29, 1.82) is 0 Å². The third-order valence-corrected chi connectivity index (χ3v) is 5.92. The lowest BCUT2D eigenvalue weighted by molar-refractivity contribution is 0.173. The van der Waals surface area contributed by atoms with Gasteiger partial charge >= 0.3 is 0 Å². The maximum Gasteiger partial charge on any atom is 0.229 e. The normalized spacial score (nSPS) is 22.3. The van der Waals surface area contributed by atoms with Crippen LogP contribution in [0.2, 0.25) is 0 Å². The van der Waals surface area contributed by atoms with Crippen LogP contribution in [0.25, 0.3) is 0 Å². The number of hydrogen-bond acceptors (Lipinski definition) is 6. The first-order valence-corrected chi connectivity index (χ1v) is 10.1. The van der Waals surface area contributed by atoms with Crippen molar-refractivity contribution in [3.8, 4) is 0 Å². The molecule has 0 bridgehead atoms. The summed E-state index contributed by atoms with van der Waals surface area (Å²) in [7, 11) is 0. The van der Waals surface area contributed by atoms with Crippen molar-refractivity contribution >= 4 is 0 Å². The number of nitrogens with one attached hydrogen (secondary N) is 1. The molecule has 0 aromatic carbocycles. The Kier molecular flexibility index (Phi) is 4.50. The summed E-state index contributed by atoms with van der Waals surface area (Å²) in [4.78, 5) is 7.13. The molecule has 0 amide bonds. The molecule has 140 valence electrons. The maximum absolute atomic E-state index is 5.39. The molecule has 1 aliphatic carbocycles. The molecule has 0 unspecified atom stereocenters. The van der Waals surface area contributed by atoms with Crippen molar-refractivity contribution in [3.63, 3.8) is 0 Å². The van der Waals surface area contributed by atoms with Crippen LogP contribution in [0, 0.1) is 5.92 Å². The second kappa shape index (κ2) is 7.12. The van der Waals surface area contributed by atoms with Crippen LogP contribution in [0.5, 0.6) is 0 Å². The van der Waals surface area contributed by atoms with Gasteiger partial charge in [-0.1, -0.05) is 5.16 Å². The molecule has 2 aromatic rings. The Bertz CT molecular complexity index is 718. The molecular formula is C19H28N6O. The zero-order chi connectivity index (χ0) is 17.3. The summed E-state index contributed by atoms with van der Waals surface area (Å²) < 4.78 is 7.58. The van der Waals surface area contributed by atoms with Gasteiger partial charge in [0.15, 0.2) is 5.82 Å². The SMILES string of the molecule is c1c(CN2CCC(Cc3noc(C4CC4)n3)CC2)nn2c1CNCCC2.